The largest absolute Gasteiger partial charge is 0.384 e. The van der Waals surface area contributed by atoms with E-state index in [1.165, 1.54) is 0 Å². The number of hydrogen-bond donors (Lipinski definition) is 1. The standard InChI is InChI=1S/C13H18N6/c1-2-3-11-16-10(14)8-12(17-11)19-7-6-18-5-4-15-13(18)9-19/h4-5,8H,2-3,6-7,9H2,1H3,(H2,14,16,17). The van der Waals surface area contributed by atoms with Crippen LogP contribution in [-0.2, 0) is 19.5 Å². The molecule has 0 amide bonds. The van der Waals surface area contributed by atoms with E-state index in [0.717, 1.165) is 49.9 Å². The number of aromatic nitrogens is 4. The molecule has 2 aromatic heterocycles. The van der Waals surface area contributed by atoms with Gasteiger partial charge in [0.25, 0.3) is 0 Å². The number of nitrogens with two attached hydrogens (primary N) is 1. The van der Waals surface area contributed by atoms with E-state index in [0.29, 0.717) is 5.82 Å². The van der Waals surface area contributed by atoms with Crippen LogP contribution in [0.3, 0.4) is 0 Å². The van der Waals surface area contributed by atoms with Crippen LogP contribution in [0.2, 0.25) is 0 Å². The van der Waals surface area contributed by atoms with E-state index in [1.807, 2.05) is 18.5 Å². The smallest absolute Gasteiger partial charge is 0.134 e. The lowest BCUT2D eigenvalue weighted by molar-refractivity contribution is 0.555. The van der Waals surface area contributed by atoms with E-state index < -0.39 is 0 Å². The number of anilines is 2. The number of nitrogens with zero attached hydrogens (tertiary/aromatic N) is 5. The summed E-state index contributed by atoms with van der Waals surface area (Å²) in [5, 5.41) is 0. The lowest BCUT2D eigenvalue weighted by Crippen LogP contribution is -2.34. The van der Waals surface area contributed by atoms with Crippen molar-refractivity contribution in [3.8, 4) is 0 Å². The number of rotatable bonds is 3. The van der Waals surface area contributed by atoms with Gasteiger partial charge in [0, 0.05) is 38.0 Å². The van der Waals surface area contributed by atoms with Crippen molar-refractivity contribution >= 4 is 11.6 Å². The molecule has 0 bridgehead atoms. The number of imidazole rings is 1. The van der Waals surface area contributed by atoms with Gasteiger partial charge in [-0.1, -0.05) is 6.92 Å². The van der Waals surface area contributed by atoms with Gasteiger partial charge in [0.1, 0.15) is 23.3 Å². The monoisotopic (exact) mass is 258 g/mol. The lowest BCUT2D eigenvalue weighted by Gasteiger charge is -2.28. The summed E-state index contributed by atoms with van der Waals surface area (Å²) in [5.41, 5.74) is 5.87. The Morgan fingerprint density at radius 1 is 1.32 bits per heavy atom. The molecule has 0 saturated heterocycles. The minimum absolute atomic E-state index is 0.544. The number of nitrogen functional groups attached to an aromatic ring is 1. The SMILES string of the molecule is CCCc1nc(N)cc(N2CCn3ccnc3C2)n1. The number of hydrogen-bond acceptors (Lipinski definition) is 5. The van der Waals surface area contributed by atoms with E-state index in [4.69, 9.17) is 5.73 Å². The second kappa shape index (κ2) is 4.87. The van der Waals surface area contributed by atoms with Crippen molar-refractivity contribution in [1.29, 1.82) is 0 Å². The van der Waals surface area contributed by atoms with Crippen molar-refractivity contribution in [2.75, 3.05) is 17.2 Å². The Morgan fingerprint density at radius 3 is 3.05 bits per heavy atom. The van der Waals surface area contributed by atoms with Crippen LogP contribution in [0, 0.1) is 0 Å². The van der Waals surface area contributed by atoms with E-state index in [1.54, 1.807) is 0 Å². The van der Waals surface area contributed by atoms with E-state index in [9.17, 15) is 0 Å². The van der Waals surface area contributed by atoms with E-state index in [2.05, 4.69) is 31.3 Å². The summed E-state index contributed by atoms with van der Waals surface area (Å²) in [6.45, 7) is 4.74. The Labute approximate surface area is 112 Å². The molecule has 6 nitrogen and oxygen atoms in total. The summed E-state index contributed by atoms with van der Waals surface area (Å²) in [6.07, 6.45) is 5.74. The molecule has 0 radical (unpaired) electrons. The molecule has 0 atom stereocenters. The summed E-state index contributed by atoms with van der Waals surface area (Å²) in [6, 6.07) is 1.84. The summed E-state index contributed by atoms with van der Waals surface area (Å²) in [4.78, 5) is 15.4. The maximum atomic E-state index is 5.87. The third-order valence-corrected chi connectivity index (χ3v) is 3.32. The highest BCUT2D eigenvalue weighted by molar-refractivity contribution is 5.47. The summed E-state index contributed by atoms with van der Waals surface area (Å²) < 4.78 is 2.17. The summed E-state index contributed by atoms with van der Waals surface area (Å²) in [5.74, 6) is 3.35. The second-order valence-electron chi connectivity index (χ2n) is 4.78. The molecule has 0 fully saturated rings. The molecular formula is C13H18N6. The Morgan fingerprint density at radius 2 is 2.21 bits per heavy atom. The van der Waals surface area contributed by atoms with Crippen LogP contribution in [0.4, 0.5) is 11.6 Å². The van der Waals surface area contributed by atoms with Crippen LogP contribution < -0.4 is 10.6 Å². The minimum Gasteiger partial charge on any atom is -0.384 e. The van der Waals surface area contributed by atoms with Crippen molar-refractivity contribution in [3.05, 3.63) is 30.1 Å². The maximum absolute atomic E-state index is 5.87. The fourth-order valence-electron chi connectivity index (χ4n) is 2.37. The Hall–Kier alpha value is -2.11. The van der Waals surface area contributed by atoms with Crippen LogP contribution in [0.25, 0.3) is 0 Å². The number of fused-ring (bicyclic) bond motifs is 1. The van der Waals surface area contributed by atoms with Crippen LogP contribution in [0.15, 0.2) is 18.5 Å². The second-order valence-corrected chi connectivity index (χ2v) is 4.78. The molecule has 0 unspecified atom stereocenters. The molecule has 6 heteroatoms. The molecule has 0 saturated carbocycles. The predicted octanol–water partition coefficient (Wildman–Crippen LogP) is 1.23. The molecule has 3 heterocycles. The minimum atomic E-state index is 0.544. The van der Waals surface area contributed by atoms with Gasteiger partial charge in [-0.3, -0.25) is 0 Å². The molecule has 0 spiro atoms. The van der Waals surface area contributed by atoms with Crippen LogP contribution >= 0.6 is 0 Å². The average molecular weight is 258 g/mol. The van der Waals surface area contributed by atoms with E-state index >= 15 is 0 Å². The highest BCUT2D eigenvalue weighted by atomic mass is 15.3. The molecule has 100 valence electrons. The van der Waals surface area contributed by atoms with Crippen molar-refractivity contribution in [3.63, 3.8) is 0 Å². The number of aryl methyl sites for hydroxylation is 1. The van der Waals surface area contributed by atoms with Gasteiger partial charge in [-0.25, -0.2) is 15.0 Å². The van der Waals surface area contributed by atoms with E-state index in [-0.39, 0.29) is 0 Å². The Bertz CT molecular complexity index is 576. The van der Waals surface area contributed by atoms with Gasteiger partial charge in [-0.05, 0) is 6.42 Å². The van der Waals surface area contributed by atoms with Crippen molar-refractivity contribution in [1.82, 2.24) is 19.5 Å². The average Bonchev–Trinajstić information content (AvgIpc) is 2.85. The first kappa shape index (κ1) is 12.0. The zero-order chi connectivity index (χ0) is 13.2. The van der Waals surface area contributed by atoms with Gasteiger partial charge < -0.3 is 15.2 Å². The van der Waals surface area contributed by atoms with Crippen LogP contribution in [-0.4, -0.2) is 26.1 Å². The lowest BCUT2D eigenvalue weighted by atomic mass is 10.3. The fraction of sp³-hybridized carbons (Fsp3) is 0.462. The normalized spacial score (nSPS) is 14.5. The van der Waals surface area contributed by atoms with Gasteiger partial charge >= 0.3 is 0 Å². The molecule has 1 aliphatic heterocycles. The molecule has 1 aliphatic rings. The Kier molecular flexibility index (Phi) is 3.06. The topological polar surface area (TPSA) is 72.9 Å². The first-order valence-electron chi connectivity index (χ1n) is 6.64. The molecular weight excluding hydrogens is 240 g/mol. The quantitative estimate of drug-likeness (QED) is 0.896. The van der Waals surface area contributed by atoms with Gasteiger partial charge in [-0.15, -0.1) is 0 Å². The van der Waals surface area contributed by atoms with Crippen molar-refractivity contribution in [2.45, 2.75) is 32.9 Å². The molecule has 3 rings (SSSR count). The highest BCUT2D eigenvalue weighted by Crippen LogP contribution is 2.20. The highest BCUT2D eigenvalue weighted by Gasteiger charge is 2.18. The maximum Gasteiger partial charge on any atom is 0.134 e. The molecule has 2 N–H and O–H groups in total. The zero-order valence-electron chi connectivity index (χ0n) is 11.1. The van der Waals surface area contributed by atoms with Gasteiger partial charge in [0.05, 0.1) is 6.54 Å². The van der Waals surface area contributed by atoms with Gasteiger partial charge in [0.15, 0.2) is 0 Å². The first-order chi connectivity index (χ1) is 9.26. The Balaban J connectivity index is 1.87. The summed E-state index contributed by atoms with van der Waals surface area (Å²) >= 11 is 0. The first-order valence-corrected chi connectivity index (χ1v) is 6.64. The molecule has 0 aliphatic carbocycles. The van der Waals surface area contributed by atoms with Crippen LogP contribution in [0.1, 0.15) is 25.0 Å². The predicted molar refractivity (Wildman–Crippen MR) is 73.7 cm³/mol. The zero-order valence-corrected chi connectivity index (χ0v) is 11.1. The molecule has 0 aromatic carbocycles. The summed E-state index contributed by atoms with van der Waals surface area (Å²) in [7, 11) is 0. The van der Waals surface area contributed by atoms with Gasteiger partial charge in [0.2, 0.25) is 0 Å². The molecule has 2 aromatic rings. The molecule has 19 heavy (non-hydrogen) atoms. The third-order valence-electron chi connectivity index (χ3n) is 3.32. The van der Waals surface area contributed by atoms with Gasteiger partial charge in [-0.2, -0.15) is 0 Å². The third kappa shape index (κ3) is 2.38. The fourth-order valence-corrected chi connectivity index (χ4v) is 2.37. The van der Waals surface area contributed by atoms with Crippen molar-refractivity contribution in [2.24, 2.45) is 0 Å². The van der Waals surface area contributed by atoms with Crippen molar-refractivity contribution < 1.29 is 0 Å². The van der Waals surface area contributed by atoms with Crippen LogP contribution in [0.5, 0.6) is 0 Å².